The third kappa shape index (κ3) is 3.51. The van der Waals surface area contributed by atoms with Gasteiger partial charge in [-0.15, -0.1) is 0 Å². The molecule has 1 aliphatic carbocycles. The summed E-state index contributed by atoms with van der Waals surface area (Å²) in [5, 5.41) is 2.78. The van der Waals surface area contributed by atoms with E-state index >= 15 is 0 Å². The summed E-state index contributed by atoms with van der Waals surface area (Å²) < 4.78 is 4.55. The smallest absolute Gasteiger partial charge is 0.407 e. The number of carbonyl (C=O) groups excluding carboxylic acids is 2. The molecule has 0 unspecified atom stereocenters. The molecule has 94 valence electrons. The zero-order valence-corrected chi connectivity index (χ0v) is 10.3. The number of rotatable bonds is 3. The van der Waals surface area contributed by atoms with Crippen LogP contribution in [0.4, 0.5) is 4.79 Å². The Balaban J connectivity index is 0.00000256. The van der Waals surface area contributed by atoms with Crippen molar-refractivity contribution >= 4 is 11.9 Å². The number of hydrogen-bond donors (Lipinski definition) is 1. The van der Waals surface area contributed by atoms with Crippen molar-refractivity contribution < 1.29 is 15.8 Å². The van der Waals surface area contributed by atoms with Crippen LogP contribution in [-0.4, -0.2) is 25.0 Å². The summed E-state index contributed by atoms with van der Waals surface area (Å²) in [5.74, 6) is 0.669. The van der Waals surface area contributed by atoms with Crippen LogP contribution >= 0.6 is 0 Å². The van der Waals surface area contributed by atoms with Gasteiger partial charge in [0.15, 0.2) is 0 Å². The molecule has 1 N–H and O–H groups in total. The number of carbonyl (C=O) groups is 2. The molecule has 0 atom stereocenters. The van der Waals surface area contributed by atoms with Crippen LogP contribution in [-0.2, 0) is 9.53 Å². The number of Topliss-reactive ketones (excluding diaryl/α,β-unsaturated/α-hetero) is 1. The maximum absolute atomic E-state index is 11.8. The van der Waals surface area contributed by atoms with E-state index < -0.39 is 0 Å². The molecule has 0 aliphatic heterocycles. The Labute approximate surface area is 98.2 Å². The highest BCUT2D eigenvalue weighted by molar-refractivity contribution is 5.82. The first-order chi connectivity index (χ1) is 7.54. The first kappa shape index (κ1) is 13.0. The fourth-order valence-electron chi connectivity index (χ4n) is 2.22. The zero-order chi connectivity index (χ0) is 12.1. The number of alkyl carbamates (subject to hydrolysis) is 1. The van der Waals surface area contributed by atoms with Gasteiger partial charge in [-0.3, -0.25) is 4.79 Å². The molecule has 1 rings (SSSR count). The molecule has 4 heteroatoms. The van der Waals surface area contributed by atoms with E-state index in [0.717, 1.165) is 25.7 Å². The van der Waals surface area contributed by atoms with Crippen LogP contribution < -0.4 is 5.32 Å². The van der Waals surface area contributed by atoms with Gasteiger partial charge >= 0.3 is 6.09 Å². The first-order valence-electron chi connectivity index (χ1n) is 5.92. The number of amides is 1. The van der Waals surface area contributed by atoms with Crippen LogP contribution in [0.1, 0.15) is 41.0 Å². The summed E-state index contributed by atoms with van der Waals surface area (Å²) in [6, 6.07) is 0.170. The van der Waals surface area contributed by atoms with Gasteiger partial charge in [0.05, 0.1) is 7.11 Å². The summed E-state index contributed by atoms with van der Waals surface area (Å²) in [4.78, 5) is 22.8. The molecular weight excluding hydrogens is 206 g/mol. The summed E-state index contributed by atoms with van der Waals surface area (Å²) in [6.07, 6.45) is 3.13. The summed E-state index contributed by atoms with van der Waals surface area (Å²) >= 11 is 0. The van der Waals surface area contributed by atoms with E-state index in [-0.39, 0.29) is 25.4 Å². The van der Waals surface area contributed by atoms with Crippen molar-refractivity contribution in [1.29, 1.82) is 0 Å². The molecule has 0 bridgehead atoms. The summed E-state index contributed by atoms with van der Waals surface area (Å²) in [5.41, 5.74) is 0. The van der Waals surface area contributed by atoms with E-state index in [1.165, 1.54) is 7.11 Å². The molecule has 1 amide bonds. The van der Waals surface area contributed by atoms with Crippen LogP contribution in [0.5, 0.6) is 0 Å². The van der Waals surface area contributed by atoms with E-state index in [0.29, 0.717) is 5.78 Å². The van der Waals surface area contributed by atoms with Crippen molar-refractivity contribution in [3.05, 3.63) is 0 Å². The Morgan fingerprint density at radius 3 is 2.25 bits per heavy atom. The molecule has 0 aromatic rings. The molecule has 0 spiro atoms. The van der Waals surface area contributed by atoms with Crippen molar-refractivity contribution in [3.63, 3.8) is 0 Å². The minimum Gasteiger partial charge on any atom is -0.453 e. The maximum atomic E-state index is 11.8. The van der Waals surface area contributed by atoms with E-state index in [1.54, 1.807) is 0 Å². The third-order valence-corrected chi connectivity index (χ3v) is 3.21. The summed E-state index contributed by atoms with van der Waals surface area (Å²) in [7, 11) is 1.36. The predicted molar refractivity (Wildman–Crippen MR) is 63.2 cm³/mol. The third-order valence-electron chi connectivity index (χ3n) is 3.21. The second-order valence-electron chi connectivity index (χ2n) is 4.74. The topological polar surface area (TPSA) is 55.4 Å². The Kier molecular flexibility index (Phi) is 4.77. The van der Waals surface area contributed by atoms with Crippen molar-refractivity contribution in [3.8, 4) is 0 Å². The highest BCUT2D eigenvalue weighted by Gasteiger charge is 2.28. The largest absolute Gasteiger partial charge is 0.453 e. The van der Waals surface area contributed by atoms with Gasteiger partial charge in [-0.1, -0.05) is 13.8 Å². The molecule has 0 aromatic carbocycles. The molecule has 16 heavy (non-hydrogen) atoms. The van der Waals surface area contributed by atoms with Gasteiger partial charge < -0.3 is 10.1 Å². The zero-order valence-electron chi connectivity index (χ0n) is 10.3. The summed E-state index contributed by atoms with van der Waals surface area (Å²) in [6.45, 7) is 3.89. The number of nitrogens with one attached hydrogen (secondary N) is 1. The van der Waals surface area contributed by atoms with Crippen LogP contribution in [0, 0.1) is 11.8 Å². The lowest BCUT2D eigenvalue weighted by Crippen LogP contribution is -2.39. The quantitative estimate of drug-likeness (QED) is 0.808. The molecule has 1 fully saturated rings. The Bertz CT molecular complexity index is 260. The molecule has 0 heterocycles. The van der Waals surface area contributed by atoms with Crippen LogP contribution in [0.3, 0.4) is 0 Å². The van der Waals surface area contributed by atoms with E-state index in [1.807, 2.05) is 13.8 Å². The number of methoxy groups -OCH3 is 1. The normalized spacial score (nSPS) is 25.2. The molecule has 1 aliphatic rings. The maximum Gasteiger partial charge on any atom is 0.407 e. The molecular formula is C12H23NO3. The minimum atomic E-state index is -0.376. The van der Waals surface area contributed by atoms with E-state index in [2.05, 4.69) is 10.1 Å². The Hall–Kier alpha value is -1.06. The van der Waals surface area contributed by atoms with Crippen molar-refractivity contribution in [2.24, 2.45) is 11.8 Å². The van der Waals surface area contributed by atoms with Gasteiger partial charge in [0.2, 0.25) is 0 Å². The Morgan fingerprint density at radius 2 is 1.81 bits per heavy atom. The van der Waals surface area contributed by atoms with Crippen molar-refractivity contribution in [2.75, 3.05) is 7.11 Å². The minimum absolute atomic E-state index is 0. The number of hydrogen-bond acceptors (Lipinski definition) is 3. The number of ketones is 1. The highest BCUT2D eigenvalue weighted by atomic mass is 16.5. The molecule has 0 aromatic heterocycles. The lowest BCUT2D eigenvalue weighted by atomic mass is 9.80. The fourth-order valence-corrected chi connectivity index (χ4v) is 2.22. The van der Waals surface area contributed by atoms with Crippen molar-refractivity contribution in [2.45, 2.75) is 45.6 Å². The average molecular weight is 229 g/mol. The molecule has 1 saturated carbocycles. The van der Waals surface area contributed by atoms with Crippen LogP contribution in [0.2, 0.25) is 0 Å². The lowest BCUT2D eigenvalue weighted by Gasteiger charge is -2.28. The van der Waals surface area contributed by atoms with Gasteiger partial charge in [0, 0.05) is 19.3 Å². The average Bonchev–Trinajstić information content (AvgIpc) is 2.28. The van der Waals surface area contributed by atoms with Gasteiger partial charge in [0.1, 0.15) is 5.78 Å². The van der Waals surface area contributed by atoms with Gasteiger partial charge in [0.25, 0.3) is 0 Å². The van der Waals surface area contributed by atoms with Gasteiger partial charge in [-0.05, 0) is 25.7 Å². The highest BCUT2D eigenvalue weighted by Crippen LogP contribution is 2.27. The first-order valence-corrected chi connectivity index (χ1v) is 5.92. The predicted octanol–water partition coefficient (Wildman–Crippen LogP) is 2.37. The molecule has 4 nitrogen and oxygen atoms in total. The van der Waals surface area contributed by atoms with Crippen molar-refractivity contribution in [1.82, 2.24) is 5.32 Å². The van der Waals surface area contributed by atoms with E-state index in [4.69, 9.17) is 0 Å². The monoisotopic (exact) mass is 229 g/mol. The van der Waals surface area contributed by atoms with Gasteiger partial charge in [-0.25, -0.2) is 4.79 Å². The lowest BCUT2D eigenvalue weighted by molar-refractivity contribution is -0.126. The standard InChI is InChI=1S/C12H21NO3.H2/c1-8(2)11(14)9-4-6-10(7-5-9)13-12(15)16-3;/h8-10H,4-7H2,1-3H3,(H,13,15);1H. The Morgan fingerprint density at radius 1 is 1.25 bits per heavy atom. The second-order valence-corrected chi connectivity index (χ2v) is 4.74. The molecule has 0 saturated heterocycles. The second kappa shape index (κ2) is 5.87. The molecule has 0 radical (unpaired) electrons. The van der Waals surface area contributed by atoms with E-state index in [9.17, 15) is 9.59 Å². The SMILES string of the molecule is COC(=O)NC1CCC(C(=O)C(C)C)CC1.[HH]. The number of ether oxygens (including phenoxy) is 1. The van der Waals surface area contributed by atoms with Crippen LogP contribution in [0.25, 0.3) is 0 Å². The van der Waals surface area contributed by atoms with Crippen LogP contribution in [0.15, 0.2) is 0 Å². The van der Waals surface area contributed by atoms with Gasteiger partial charge in [-0.2, -0.15) is 0 Å². The fraction of sp³-hybridized carbons (Fsp3) is 0.833.